The number of benzene rings is 1. The summed E-state index contributed by atoms with van der Waals surface area (Å²) in [5, 5.41) is 0. The van der Waals surface area contributed by atoms with E-state index in [1.165, 1.54) is 16.7 Å². The molecule has 0 fully saturated rings. The van der Waals surface area contributed by atoms with Crippen LogP contribution in [0.3, 0.4) is 0 Å². The van der Waals surface area contributed by atoms with Gasteiger partial charge in [0.2, 0.25) is 0 Å². The van der Waals surface area contributed by atoms with Gasteiger partial charge < -0.3 is 4.74 Å². The van der Waals surface area contributed by atoms with Crippen LogP contribution in [0.1, 0.15) is 16.7 Å². The number of alkyl halides is 1. The van der Waals surface area contributed by atoms with Crippen LogP contribution in [-0.4, -0.2) is 10.5 Å². The molecule has 1 aliphatic heterocycles. The fourth-order valence-electron chi connectivity index (χ4n) is 1.90. The third-order valence-electron chi connectivity index (χ3n) is 2.40. The molecular weight excluding hydrogens is 275 g/mol. The standard InChI is InChI=1S/C11H13IO/c1-7-3-8(2)11-9(4-7)5-10(6-12)13-11/h3-4,10H,5-6H2,1-2H3/t10-/m0/s1. The molecule has 1 atom stereocenters. The molecule has 70 valence electrons. The Labute approximate surface area is 92.6 Å². The number of hydrogen-bond acceptors (Lipinski definition) is 1. The lowest BCUT2D eigenvalue weighted by molar-refractivity contribution is 0.261. The SMILES string of the molecule is Cc1cc(C)c2c(c1)C[C@@H](CI)O2. The van der Waals surface area contributed by atoms with Crippen LogP contribution in [0, 0.1) is 13.8 Å². The first-order chi connectivity index (χ1) is 6.20. The molecule has 0 radical (unpaired) electrons. The summed E-state index contributed by atoms with van der Waals surface area (Å²) in [7, 11) is 0. The molecule has 2 heteroatoms. The van der Waals surface area contributed by atoms with Gasteiger partial charge in [-0.05, 0) is 25.0 Å². The van der Waals surface area contributed by atoms with E-state index in [1.807, 2.05) is 0 Å². The van der Waals surface area contributed by atoms with Crippen molar-refractivity contribution in [3.63, 3.8) is 0 Å². The Balaban J connectivity index is 2.40. The van der Waals surface area contributed by atoms with Gasteiger partial charge in [-0.15, -0.1) is 0 Å². The van der Waals surface area contributed by atoms with Crippen molar-refractivity contribution >= 4 is 22.6 Å². The molecule has 1 nitrogen and oxygen atoms in total. The summed E-state index contributed by atoms with van der Waals surface area (Å²) in [6.45, 7) is 4.27. The summed E-state index contributed by atoms with van der Waals surface area (Å²) in [4.78, 5) is 0. The van der Waals surface area contributed by atoms with Crippen LogP contribution < -0.4 is 4.74 Å². The number of aryl methyl sites for hydroxylation is 2. The highest BCUT2D eigenvalue weighted by molar-refractivity contribution is 14.1. The Bertz CT molecular complexity index is 333. The van der Waals surface area contributed by atoms with E-state index in [0.717, 1.165) is 16.6 Å². The fourth-order valence-corrected chi connectivity index (χ4v) is 2.39. The van der Waals surface area contributed by atoms with E-state index in [0.29, 0.717) is 6.10 Å². The Hall–Kier alpha value is -0.250. The fraction of sp³-hybridized carbons (Fsp3) is 0.455. The van der Waals surface area contributed by atoms with Crippen molar-refractivity contribution < 1.29 is 4.74 Å². The molecule has 1 aromatic rings. The number of fused-ring (bicyclic) bond motifs is 1. The van der Waals surface area contributed by atoms with Gasteiger partial charge in [-0.1, -0.05) is 40.3 Å². The molecule has 0 aliphatic carbocycles. The predicted octanol–water partition coefficient (Wildman–Crippen LogP) is 3.04. The van der Waals surface area contributed by atoms with E-state index < -0.39 is 0 Å². The average molecular weight is 288 g/mol. The first-order valence-corrected chi connectivity index (χ1v) is 6.06. The van der Waals surface area contributed by atoms with Crippen LogP contribution in [0.25, 0.3) is 0 Å². The zero-order valence-corrected chi connectivity index (χ0v) is 10.1. The van der Waals surface area contributed by atoms with E-state index in [2.05, 4.69) is 48.6 Å². The number of rotatable bonds is 1. The summed E-state index contributed by atoms with van der Waals surface area (Å²) in [5.41, 5.74) is 4.01. The molecule has 0 saturated carbocycles. The van der Waals surface area contributed by atoms with Gasteiger partial charge in [0.15, 0.2) is 0 Å². The van der Waals surface area contributed by atoms with Crippen molar-refractivity contribution in [3.8, 4) is 5.75 Å². The van der Waals surface area contributed by atoms with Gasteiger partial charge in [0.25, 0.3) is 0 Å². The maximum atomic E-state index is 5.83. The van der Waals surface area contributed by atoms with Crippen molar-refractivity contribution in [1.29, 1.82) is 0 Å². The topological polar surface area (TPSA) is 9.23 Å². The third-order valence-corrected chi connectivity index (χ3v) is 3.38. The maximum Gasteiger partial charge on any atom is 0.126 e. The van der Waals surface area contributed by atoms with E-state index in [9.17, 15) is 0 Å². The second-order valence-electron chi connectivity index (χ2n) is 3.67. The van der Waals surface area contributed by atoms with Crippen LogP contribution in [-0.2, 0) is 6.42 Å². The van der Waals surface area contributed by atoms with Gasteiger partial charge in [-0.2, -0.15) is 0 Å². The monoisotopic (exact) mass is 288 g/mol. The maximum absolute atomic E-state index is 5.83. The van der Waals surface area contributed by atoms with Crippen molar-refractivity contribution in [2.75, 3.05) is 4.43 Å². The minimum absolute atomic E-state index is 0.399. The Morgan fingerprint density at radius 3 is 2.92 bits per heavy atom. The van der Waals surface area contributed by atoms with Gasteiger partial charge in [-0.3, -0.25) is 0 Å². The quantitative estimate of drug-likeness (QED) is 0.570. The first-order valence-electron chi connectivity index (χ1n) is 4.53. The summed E-state index contributed by atoms with van der Waals surface area (Å²) in [6, 6.07) is 4.43. The average Bonchev–Trinajstić information content (AvgIpc) is 2.47. The van der Waals surface area contributed by atoms with Gasteiger partial charge >= 0.3 is 0 Å². The van der Waals surface area contributed by atoms with Gasteiger partial charge in [0, 0.05) is 10.8 Å². The number of ether oxygens (including phenoxy) is 1. The van der Waals surface area contributed by atoms with Gasteiger partial charge in [0.05, 0.1) is 0 Å². The molecule has 0 N–H and O–H groups in total. The molecular formula is C11H13IO. The molecule has 0 aromatic heterocycles. The summed E-state index contributed by atoms with van der Waals surface area (Å²) < 4.78 is 6.91. The lowest BCUT2D eigenvalue weighted by Crippen LogP contribution is -2.13. The lowest BCUT2D eigenvalue weighted by atomic mass is 10.0. The molecule has 1 aromatic carbocycles. The van der Waals surface area contributed by atoms with E-state index in [4.69, 9.17) is 4.74 Å². The van der Waals surface area contributed by atoms with Crippen LogP contribution >= 0.6 is 22.6 Å². The summed E-state index contributed by atoms with van der Waals surface area (Å²) in [5.74, 6) is 1.13. The first kappa shape index (κ1) is 9.31. The highest BCUT2D eigenvalue weighted by Crippen LogP contribution is 2.33. The zero-order valence-electron chi connectivity index (χ0n) is 7.93. The highest BCUT2D eigenvalue weighted by Gasteiger charge is 2.23. The van der Waals surface area contributed by atoms with Crippen molar-refractivity contribution in [1.82, 2.24) is 0 Å². The summed E-state index contributed by atoms with van der Waals surface area (Å²) >= 11 is 2.38. The molecule has 2 rings (SSSR count). The van der Waals surface area contributed by atoms with Crippen LogP contribution in [0.2, 0.25) is 0 Å². The van der Waals surface area contributed by atoms with Crippen LogP contribution in [0.5, 0.6) is 5.75 Å². The zero-order chi connectivity index (χ0) is 9.42. The molecule has 1 heterocycles. The minimum atomic E-state index is 0.399. The molecule has 0 saturated heterocycles. The molecule has 13 heavy (non-hydrogen) atoms. The molecule has 0 spiro atoms. The smallest absolute Gasteiger partial charge is 0.126 e. The van der Waals surface area contributed by atoms with Crippen molar-refractivity contribution in [2.24, 2.45) is 0 Å². The van der Waals surface area contributed by atoms with Crippen molar-refractivity contribution in [2.45, 2.75) is 26.4 Å². The minimum Gasteiger partial charge on any atom is -0.489 e. The van der Waals surface area contributed by atoms with Crippen LogP contribution in [0.4, 0.5) is 0 Å². The Morgan fingerprint density at radius 1 is 1.46 bits per heavy atom. The number of halogens is 1. The summed E-state index contributed by atoms with van der Waals surface area (Å²) in [6.07, 6.45) is 1.48. The molecule has 1 aliphatic rings. The Morgan fingerprint density at radius 2 is 2.23 bits per heavy atom. The van der Waals surface area contributed by atoms with E-state index in [1.54, 1.807) is 0 Å². The molecule has 0 bridgehead atoms. The highest BCUT2D eigenvalue weighted by atomic mass is 127. The lowest BCUT2D eigenvalue weighted by Gasteiger charge is -2.07. The van der Waals surface area contributed by atoms with Gasteiger partial charge in [-0.25, -0.2) is 0 Å². The molecule has 0 unspecified atom stereocenters. The Kier molecular flexibility index (Phi) is 2.49. The normalized spacial score (nSPS) is 19.8. The second kappa shape index (κ2) is 3.48. The largest absolute Gasteiger partial charge is 0.489 e. The second-order valence-corrected chi connectivity index (χ2v) is 4.55. The predicted molar refractivity (Wildman–Crippen MR) is 62.9 cm³/mol. The number of hydrogen-bond donors (Lipinski definition) is 0. The molecule has 0 amide bonds. The van der Waals surface area contributed by atoms with Crippen LogP contribution in [0.15, 0.2) is 12.1 Å². The van der Waals surface area contributed by atoms with E-state index >= 15 is 0 Å². The van der Waals surface area contributed by atoms with Gasteiger partial charge in [0.1, 0.15) is 11.9 Å². The third kappa shape index (κ3) is 1.68. The van der Waals surface area contributed by atoms with Crippen molar-refractivity contribution in [3.05, 3.63) is 28.8 Å². The van der Waals surface area contributed by atoms with E-state index in [-0.39, 0.29) is 0 Å².